The van der Waals surface area contributed by atoms with Crippen molar-refractivity contribution in [1.29, 1.82) is 0 Å². The van der Waals surface area contributed by atoms with Crippen molar-refractivity contribution in [3.63, 3.8) is 0 Å². The zero-order valence-electron chi connectivity index (χ0n) is 11.3. The standard InChI is InChI=1S/C14H27NO/c1-11(2)15-7-8-16-13(10-15)6-5-12-9-14(12,3)4/h11-13H,5-10H2,1-4H3/t12?,13-/m1/s1. The molecule has 2 heteroatoms. The number of ether oxygens (including phenoxy) is 1. The van der Waals surface area contributed by atoms with E-state index in [1.807, 2.05) is 0 Å². The van der Waals surface area contributed by atoms with E-state index >= 15 is 0 Å². The summed E-state index contributed by atoms with van der Waals surface area (Å²) in [6, 6.07) is 0.670. The second-order valence-electron chi connectivity index (χ2n) is 6.55. The average molecular weight is 225 g/mol. The molecule has 2 fully saturated rings. The first kappa shape index (κ1) is 12.4. The predicted octanol–water partition coefficient (Wildman–Crippen LogP) is 2.92. The van der Waals surface area contributed by atoms with E-state index < -0.39 is 0 Å². The highest BCUT2D eigenvalue weighted by Crippen LogP contribution is 2.54. The van der Waals surface area contributed by atoms with Gasteiger partial charge in [0.2, 0.25) is 0 Å². The third kappa shape index (κ3) is 2.98. The molecule has 1 saturated carbocycles. The lowest BCUT2D eigenvalue weighted by molar-refractivity contribution is -0.0433. The first-order valence-electron chi connectivity index (χ1n) is 6.84. The van der Waals surface area contributed by atoms with Gasteiger partial charge in [0.05, 0.1) is 12.7 Å². The average Bonchev–Trinajstić information content (AvgIpc) is 2.84. The molecular weight excluding hydrogens is 198 g/mol. The van der Waals surface area contributed by atoms with Gasteiger partial charge in [-0.05, 0) is 44.4 Å². The Morgan fingerprint density at radius 2 is 2.00 bits per heavy atom. The minimum Gasteiger partial charge on any atom is -0.376 e. The summed E-state index contributed by atoms with van der Waals surface area (Å²) >= 11 is 0. The van der Waals surface area contributed by atoms with Gasteiger partial charge in [-0.15, -0.1) is 0 Å². The van der Waals surface area contributed by atoms with E-state index in [4.69, 9.17) is 4.74 Å². The smallest absolute Gasteiger partial charge is 0.0702 e. The summed E-state index contributed by atoms with van der Waals surface area (Å²) in [5.41, 5.74) is 0.631. The Morgan fingerprint density at radius 1 is 1.31 bits per heavy atom. The van der Waals surface area contributed by atoms with Crippen LogP contribution in [0, 0.1) is 11.3 Å². The lowest BCUT2D eigenvalue weighted by Crippen LogP contribution is -2.45. The van der Waals surface area contributed by atoms with Crippen molar-refractivity contribution in [1.82, 2.24) is 4.90 Å². The number of morpholine rings is 1. The topological polar surface area (TPSA) is 12.5 Å². The van der Waals surface area contributed by atoms with Gasteiger partial charge >= 0.3 is 0 Å². The quantitative estimate of drug-likeness (QED) is 0.729. The van der Waals surface area contributed by atoms with Crippen LogP contribution >= 0.6 is 0 Å². The van der Waals surface area contributed by atoms with Crippen molar-refractivity contribution in [2.75, 3.05) is 19.7 Å². The molecule has 0 bridgehead atoms. The SMILES string of the molecule is CC(C)N1CCO[C@H](CCC2CC2(C)C)C1. The highest BCUT2D eigenvalue weighted by Gasteiger charge is 2.45. The molecule has 1 saturated heterocycles. The Bertz CT molecular complexity index is 237. The fraction of sp³-hybridized carbons (Fsp3) is 1.00. The fourth-order valence-corrected chi connectivity index (χ4v) is 2.84. The Kier molecular flexibility index (Phi) is 3.60. The van der Waals surface area contributed by atoms with E-state index in [-0.39, 0.29) is 0 Å². The summed E-state index contributed by atoms with van der Waals surface area (Å²) in [4.78, 5) is 2.55. The van der Waals surface area contributed by atoms with Crippen LogP contribution in [0.25, 0.3) is 0 Å². The highest BCUT2D eigenvalue weighted by molar-refractivity contribution is 4.95. The van der Waals surface area contributed by atoms with Crippen molar-refractivity contribution in [3.8, 4) is 0 Å². The maximum atomic E-state index is 5.86. The van der Waals surface area contributed by atoms with Crippen molar-refractivity contribution < 1.29 is 4.74 Å². The van der Waals surface area contributed by atoms with Crippen molar-refractivity contribution >= 4 is 0 Å². The van der Waals surface area contributed by atoms with Crippen LogP contribution in [0.15, 0.2) is 0 Å². The maximum Gasteiger partial charge on any atom is 0.0702 e. The molecule has 94 valence electrons. The van der Waals surface area contributed by atoms with Gasteiger partial charge in [-0.25, -0.2) is 0 Å². The van der Waals surface area contributed by atoms with Crippen LogP contribution in [-0.2, 0) is 4.74 Å². The van der Waals surface area contributed by atoms with Crippen LogP contribution in [0.3, 0.4) is 0 Å². The summed E-state index contributed by atoms with van der Waals surface area (Å²) in [5, 5.41) is 0. The largest absolute Gasteiger partial charge is 0.376 e. The molecule has 16 heavy (non-hydrogen) atoms. The molecule has 0 aromatic rings. The van der Waals surface area contributed by atoms with E-state index in [9.17, 15) is 0 Å². The van der Waals surface area contributed by atoms with Gasteiger partial charge in [0, 0.05) is 19.1 Å². The van der Waals surface area contributed by atoms with E-state index in [1.165, 1.54) is 19.3 Å². The molecule has 1 aliphatic heterocycles. The van der Waals surface area contributed by atoms with E-state index in [0.717, 1.165) is 25.6 Å². The number of rotatable bonds is 4. The molecule has 0 radical (unpaired) electrons. The normalized spacial score (nSPS) is 34.3. The monoisotopic (exact) mass is 225 g/mol. The summed E-state index contributed by atoms with van der Waals surface area (Å²) in [6.07, 6.45) is 4.54. The Labute approximate surface area is 100 Å². The van der Waals surface area contributed by atoms with Crippen molar-refractivity contribution in [3.05, 3.63) is 0 Å². The summed E-state index contributed by atoms with van der Waals surface area (Å²) in [5.74, 6) is 0.963. The molecule has 2 rings (SSSR count). The number of hydrogen-bond acceptors (Lipinski definition) is 2. The van der Waals surface area contributed by atoms with Crippen molar-refractivity contribution in [2.45, 2.75) is 59.1 Å². The summed E-state index contributed by atoms with van der Waals surface area (Å²) in [7, 11) is 0. The van der Waals surface area contributed by atoms with E-state index in [1.54, 1.807) is 0 Å². The summed E-state index contributed by atoms with van der Waals surface area (Å²) < 4.78 is 5.86. The molecular formula is C14H27NO. The number of nitrogens with zero attached hydrogens (tertiary/aromatic N) is 1. The highest BCUT2D eigenvalue weighted by atomic mass is 16.5. The van der Waals surface area contributed by atoms with Gasteiger partial charge in [0.1, 0.15) is 0 Å². The van der Waals surface area contributed by atoms with Gasteiger partial charge in [-0.1, -0.05) is 13.8 Å². The lowest BCUT2D eigenvalue weighted by atomic mass is 10.0. The summed E-state index contributed by atoms with van der Waals surface area (Å²) in [6.45, 7) is 12.5. The molecule has 1 heterocycles. The third-order valence-corrected chi connectivity index (χ3v) is 4.46. The van der Waals surface area contributed by atoms with Gasteiger partial charge < -0.3 is 4.74 Å². The van der Waals surface area contributed by atoms with Crippen LogP contribution in [0.1, 0.15) is 47.0 Å². The maximum absolute atomic E-state index is 5.86. The van der Waals surface area contributed by atoms with Crippen LogP contribution < -0.4 is 0 Å². The van der Waals surface area contributed by atoms with Gasteiger partial charge in [-0.2, -0.15) is 0 Å². The zero-order valence-corrected chi connectivity index (χ0v) is 11.3. The fourth-order valence-electron chi connectivity index (χ4n) is 2.84. The predicted molar refractivity (Wildman–Crippen MR) is 67.6 cm³/mol. The molecule has 0 N–H and O–H groups in total. The molecule has 0 aromatic heterocycles. The molecule has 1 unspecified atom stereocenters. The van der Waals surface area contributed by atoms with Crippen molar-refractivity contribution in [2.24, 2.45) is 11.3 Å². The van der Waals surface area contributed by atoms with Crippen LogP contribution in [0.4, 0.5) is 0 Å². The van der Waals surface area contributed by atoms with Gasteiger partial charge in [-0.3, -0.25) is 4.90 Å². The molecule has 1 aliphatic carbocycles. The first-order valence-corrected chi connectivity index (χ1v) is 6.84. The van der Waals surface area contributed by atoms with Crippen LogP contribution in [-0.4, -0.2) is 36.7 Å². The second kappa shape index (κ2) is 4.66. The Balaban J connectivity index is 1.70. The molecule has 2 aliphatic rings. The van der Waals surface area contributed by atoms with E-state index in [2.05, 4.69) is 32.6 Å². The Morgan fingerprint density at radius 3 is 2.56 bits per heavy atom. The molecule has 2 nitrogen and oxygen atoms in total. The third-order valence-electron chi connectivity index (χ3n) is 4.46. The Hall–Kier alpha value is -0.0800. The minimum atomic E-state index is 0.493. The van der Waals surface area contributed by atoms with Crippen LogP contribution in [0.2, 0.25) is 0 Å². The molecule has 2 atom stereocenters. The molecule has 0 amide bonds. The lowest BCUT2D eigenvalue weighted by Gasteiger charge is -2.35. The first-order chi connectivity index (χ1) is 7.49. The second-order valence-corrected chi connectivity index (χ2v) is 6.55. The molecule has 0 aromatic carbocycles. The van der Waals surface area contributed by atoms with Gasteiger partial charge in [0.15, 0.2) is 0 Å². The number of hydrogen-bond donors (Lipinski definition) is 0. The zero-order chi connectivity index (χ0) is 11.8. The minimum absolute atomic E-state index is 0.493. The van der Waals surface area contributed by atoms with Gasteiger partial charge in [0.25, 0.3) is 0 Å². The van der Waals surface area contributed by atoms with E-state index in [0.29, 0.717) is 17.6 Å². The molecule has 0 spiro atoms. The van der Waals surface area contributed by atoms with Crippen LogP contribution in [0.5, 0.6) is 0 Å².